The van der Waals surface area contributed by atoms with E-state index in [0.717, 1.165) is 36.8 Å². The number of methoxy groups -OCH3 is 2. The minimum absolute atomic E-state index is 0.470. The number of hydrogen-bond acceptors (Lipinski definition) is 5. The van der Waals surface area contributed by atoms with Gasteiger partial charge in [-0.1, -0.05) is 6.07 Å². The summed E-state index contributed by atoms with van der Waals surface area (Å²) in [5, 5.41) is 0. The van der Waals surface area contributed by atoms with E-state index in [2.05, 4.69) is 27.0 Å². The van der Waals surface area contributed by atoms with Gasteiger partial charge >= 0.3 is 0 Å². The molecule has 5 heteroatoms. The molecule has 2 aromatic rings. The number of likely N-dealkylation sites (tertiary alicyclic amines) is 1. The average molecular weight is 313 g/mol. The molecule has 1 atom stereocenters. The zero-order valence-corrected chi connectivity index (χ0v) is 13.7. The Morgan fingerprint density at radius 1 is 1.17 bits per heavy atom. The van der Waals surface area contributed by atoms with Crippen LogP contribution in [0.25, 0.3) is 0 Å². The molecule has 1 aliphatic rings. The maximum atomic E-state index is 5.39. The van der Waals surface area contributed by atoms with Crippen molar-refractivity contribution in [1.82, 2.24) is 14.9 Å². The summed E-state index contributed by atoms with van der Waals surface area (Å²) in [5.74, 6) is 2.03. The molecule has 2 heterocycles. The Hall–Kier alpha value is -2.14. The molecule has 1 saturated heterocycles. The largest absolute Gasteiger partial charge is 0.493 e. The number of rotatable bonds is 5. The van der Waals surface area contributed by atoms with Gasteiger partial charge in [0.1, 0.15) is 0 Å². The third-order valence-corrected chi connectivity index (χ3v) is 4.36. The first kappa shape index (κ1) is 15.7. The van der Waals surface area contributed by atoms with E-state index >= 15 is 0 Å². The molecule has 0 saturated carbocycles. The fourth-order valence-corrected chi connectivity index (χ4v) is 3.20. The van der Waals surface area contributed by atoms with E-state index < -0.39 is 0 Å². The Morgan fingerprint density at radius 3 is 2.78 bits per heavy atom. The summed E-state index contributed by atoms with van der Waals surface area (Å²) in [6.45, 7) is 3.05. The van der Waals surface area contributed by atoms with E-state index in [1.165, 1.54) is 18.4 Å². The van der Waals surface area contributed by atoms with Gasteiger partial charge in [-0.15, -0.1) is 0 Å². The maximum absolute atomic E-state index is 5.39. The van der Waals surface area contributed by atoms with Crippen LogP contribution in [0.3, 0.4) is 0 Å². The molecular weight excluding hydrogens is 290 g/mol. The third-order valence-electron chi connectivity index (χ3n) is 4.36. The van der Waals surface area contributed by atoms with Gasteiger partial charge in [0, 0.05) is 37.6 Å². The number of piperidine rings is 1. The predicted molar refractivity (Wildman–Crippen MR) is 88.8 cm³/mol. The molecule has 1 fully saturated rings. The summed E-state index contributed by atoms with van der Waals surface area (Å²) < 4.78 is 10.7. The molecule has 122 valence electrons. The summed E-state index contributed by atoms with van der Waals surface area (Å²) in [4.78, 5) is 11.1. The van der Waals surface area contributed by atoms with Crippen molar-refractivity contribution in [2.45, 2.75) is 25.3 Å². The van der Waals surface area contributed by atoms with Crippen LogP contribution in [-0.2, 0) is 6.54 Å². The van der Waals surface area contributed by atoms with Gasteiger partial charge in [-0.05, 0) is 37.1 Å². The number of ether oxygens (including phenoxy) is 2. The van der Waals surface area contributed by atoms with Crippen molar-refractivity contribution in [3.63, 3.8) is 0 Å². The van der Waals surface area contributed by atoms with Gasteiger partial charge < -0.3 is 9.47 Å². The lowest BCUT2D eigenvalue weighted by Crippen LogP contribution is -2.34. The highest BCUT2D eigenvalue weighted by Crippen LogP contribution is 2.30. The summed E-state index contributed by atoms with van der Waals surface area (Å²) in [7, 11) is 3.33. The number of aromatic nitrogens is 2. The number of nitrogens with zero attached hydrogens (tertiary/aromatic N) is 3. The van der Waals surface area contributed by atoms with Crippen LogP contribution in [0, 0.1) is 0 Å². The second-order valence-corrected chi connectivity index (χ2v) is 5.89. The normalized spacial score (nSPS) is 18.6. The first-order valence-electron chi connectivity index (χ1n) is 7.99. The molecule has 1 aromatic heterocycles. The van der Waals surface area contributed by atoms with Crippen LogP contribution >= 0.6 is 0 Å². The smallest absolute Gasteiger partial charge is 0.161 e. The highest BCUT2D eigenvalue weighted by Gasteiger charge is 2.22. The minimum Gasteiger partial charge on any atom is -0.493 e. The molecule has 0 amide bonds. The summed E-state index contributed by atoms with van der Waals surface area (Å²) in [6.07, 6.45) is 7.77. The van der Waals surface area contributed by atoms with Crippen LogP contribution in [0.1, 0.15) is 30.0 Å². The van der Waals surface area contributed by atoms with E-state index in [-0.39, 0.29) is 0 Å². The summed E-state index contributed by atoms with van der Waals surface area (Å²) in [6, 6.07) is 6.14. The molecule has 5 nitrogen and oxygen atoms in total. The standard InChI is InChI=1S/C18H23N3O2/c1-22-17-6-5-14(10-18(17)23-2)12-21-9-3-4-15(13-21)16-11-19-7-8-20-16/h5-8,10-11,15H,3-4,9,12-13H2,1-2H3/t15-/m0/s1. The second-order valence-electron chi connectivity index (χ2n) is 5.89. The molecule has 3 rings (SSSR count). The lowest BCUT2D eigenvalue weighted by Gasteiger charge is -2.32. The quantitative estimate of drug-likeness (QED) is 0.849. The van der Waals surface area contributed by atoms with Crippen molar-refractivity contribution in [3.8, 4) is 11.5 Å². The molecule has 0 bridgehead atoms. The average Bonchev–Trinajstić information content (AvgIpc) is 2.62. The Labute approximate surface area is 137 Å². The third kappa shape index (κ3) is 3.79. The lowest BCUT2D eigenvalue weighted by molar-refractivity contribution is 0.198. The van der Waals surface area contributed by atoms with Crippen LogP contribution in [0.15, 0.2) is 36.8 Å². The summed E-state index contributed by atoms with van der Waals surface area (Å²) >= 11 is 0. The van der Waals surface area contributed by atoms with Crippen molar-refractivity contribution in [3.05, 3.63) is 48.0 Å². The SMILES string of the molecule is COc1ccc(CN2CCC[C@H](c3cnccn3)C2)cc1OC. The van der Waals surface area contributed by atoms with Crippen molar-refractivity contribution in [2.75, 3.05) is 27.3 Å². The van der Waals surface area contributed by atoms with E-state index in [1.807, 2.05) is 12.3 Å². The Bertz CT molecular complexity index is 633. The predicted octanol–water partition coefficient (Wildman–Crippen LogP) is 2.87. The van der Waals surface area contributed by atoms with Gasteiger partial charge in [-0.3, -0.25) is 14.9 Å². The Balaban J connectivity index is 1.68. The van der Waals surface area contributed by atoms with Gasteiger partial charge in [-0.25, -0.2) is 0 Å². The van der Waals surface area contributed by atoms with E-state index in [1.54, 1.807) is 26.6 Å². The molecule has 23 heavy (non-hydrogen) atoms. The molecule has 0 aliphatic carbocycles. The zero-order valence-electron chi connectivity index (χ0n) is 13.7. The van der Waals surface area contributed by atoms with Crippen LogP contribution in [-0.4, -0.2) is 42.2 Å². The monoisotopic (exact) mass is 313 g/mol. The van der Waals surface area contributed by atoms with Gasteiger partial charge in [0.15, 0.2) is 11.5 Å². The fraction of sp³-hybridized carbons (Fsp3) is 0.444. The highest BCUT2D eigenvalue weighted by atomic mass is 16.5. The van der Waals surface area contributed by atoms with Crippen molar-refractivity contribution < 1.29 is 9.47 Å². The molecule has 0 radical (unpaired) electrons. The van der Waals surface area contributed by atoms with Crippen molar-refractivity contribution >= 4 is 0 Å². The minimum atomic E-state index is 0.470. The topological polar surface area (TPSA) is 47.5 Å². The van der Waals surface area contributed by atoms with Crippen LogP contribution in [0.5, 0.6) is 11.5 Å². The Kier molecular flexibility index (Phi) is 5.08. The zero-order chi connectivity index (χ0) is 16.1. The highest BCUT2D eigenvalue weighted by molar-refractivity contribution is 5.42. The molecule has 1 aliphatic heterocycles. The van der Waals surface area contributed by atoms with Gasteiger partial charge in [0.25, 0.3) is 0 Å². The van der Waals surface area contributed by atoms with E-state index in [4.69, 9.17) is 9.47 Å². The van der Waals surface area contributed by atoms with Crippen molar-refractivity contribution in [2.24, 2.45) is 0 Å². The lowest BCUT2D eigenvalue weighted by atomic mass is 9.94. The summed E-state index contributed by atoms with van der Waals surface area (Å²) in [5.41, 5.74) is 2.34. The molecular formula is C18H23N3O2. The van der Waals surface area contributed by atoms with Crippen molar-refractivity contribution in [1.29, 1.82) is 0 Å². The first-order chi connectivity index (χ1) is 11.3. The van der Waals surface area contributed by atoms with Gasteiger partial charge in [0.05, 0.1) is 19.9 Å². The molecule has 0 unspecified atom stereocenters. The fourth-order valence-electron chi connectivity index (χ4n) is 3.20. The van der Waals surface area contributed by atoms with Crippen LogP contribution < -0.4 is 9.47 Å². The number of benzene rings is 1. The number of hydrogen-bond donors (Lipinski definition) is 0. The molecule has 0 spiro atoms. The maximum Gasteiger partial charge on any atom is 0.161 e. The van der Waals surface area contributed by atoms with E-state index in [0.29, 0.717) is 5.92 Å². The van der Waals surface area contributed by atoms with Crippen LogP contribution in [0.2, 0.25) is 0 Å². The van der Waals surface area contributed by atoms with Gasteiger partial charge in [0.2, 0.25) is 0 Å². The second kappa shape index (κ2) is 7.42. The molecule has 1 aromatic carbocycles. The first-order valence-corrected chi connectivity index (χ1v) is 7.99. The molecule has 0 N–H and O–H groups in total. The van der Waals surface area contributed by atoms with E-state index in [9.17, 15) is 0 Å². The van der Waals surface area contributed by atoms with Gasteiger partial charge in [-0.2, -0.15) is 0 Å². The van der Waals surface area contributed by atoms with Crippen LogP contribution in [0.4, 0.5) is 0 Å². The Morgan fingerprint density at radius 2 is 2.04 bits per heavy atom.